The van der Waals surface area contributed by atoms with Crippen LogP contribution < -0.4 is 10.1 Å². The molecule has 0 spiro atoms. The first-order valence-electron chi connectivity index (χ1n) is 5.26. The lowest BCUT2D eigenvalue weighted by Gasteiger charge is -2.18. The van der Waals surface area contributed by atoms with Gasteiger partial charge in [-0.25, -0.2) is 4.79 Å². The first-order chi connectivity index (χ1) is 7.97. The largest absolute Gasteiger partial charge is 0.496 e. The van der Waals surface area contributed by atoms with Crippen molar-refractivity contribution in [3.8, 4) is 5.75 Å². The van der Waals surface area contributed by atoms with E-state index in [-0.39, 0.29) is 6.54 Å². The minimum Gasteiger partial charge on any atom is -0.496 e. The molecule has 1 rings (SSSR count). The van der Waals surface area contributed by atoms with Crippen molar-refractivity contribution in [3.63, 3.8) is 0 Å². The molecule has 0 amide bonds. The van der Waals surface area contributed by atoms with Crippen molar-refractivity contribution in [1.29, 1.82) is 0 Å². The topological polar surface area (TPSA) is 78.8 Å². The Morgan fingerprint density at radius 3 is 2.71 bits per heavy atom. The average Bonchev–Trinajstić information content (AvgIpc) is 2.29. The van der Waals surface area contributed by atoms with E-state index >= 15 is 0 Å². The quantitative estimate of drug-likeness (QED) is 0.678. The number of carboxylic acids is 1. The fraction of sp³-hybridized carbons (Fsp3) is 0.417. The molecule has 0 radical (unpaired) electrons. The van der Waals surface area contributed by atoms with Gasteiger partial charge in [0.15, 0.2) is 5.60 Å². The van der Waals surface area contributed by atoms with Crippen molar-refractivity contribution < 1.29 is 19.7 Å². The zero-order valence-electron chi connectivity index (χ0n) is 9.93. The molecule has 1 aromatic rings. The van der Waals surface area contributed by atoms with Crippen molar-refractivity contribution >= 4 is 5.97 Å². The Kier molecular flexibility index (Phi) is 4.48. The lowest BCUT2D eigenvalue weighted by Crippen LogP contribution is -2.44. The summed E-state index contributed by atoms with van der Waals surface area (Å²) in [6, 6.07) is 7.43. The predicted octanol–water partition coefficient (Wildman–Crippen LogP) is 0.620. The Morgan fingerprint density at radius 2 is 2.12 bits per heavy atom. The number of methoxy groups -OCH3 is 1. The number of para-hydroxylation sites is 1. The highest BCUT2D eigenvalue weighted by molar-refractivity contribution is 5.76. The summed E-state index contributed by atoms with van der Waals surface area (Å²) in [5.41, 5.74) is -0.849. The minimum absolute atomic E-state index is 0.0274. The van der Waals surface area contributed by atoms with E-state index in [0.717, 1.165) is 11.3 Å². The Bertz CT molecular complexity index is 390. The lowest BCUT2D eigenvalue weighted by atomic mass is 10.1. The summed E-state index contributed by atoms with van der Waals surface area (Å²) in [6.07, 6.45) is 0. The molecule has 5 nitrogen and oxygen atoms in total. The molecule has 1 unspecified atom stereocenters. The normalized spacial score (nSPS) is 14.1. The summed E-state index contributed by atoms with van der Waals surface area (Å²) in [5.74, 6) is -0.514. The number of hydrogen-bond donors (Lipinski definition) is 3. The van der Waals surface area contributed by atoms with Gasteiger partial charge in [-0.2, -0.15) is 0 Å². The fourth-order valence-corrected chi connectivity index (χ4v) is 1.37. The number of aliphatic carboxylic acids is 1. The van der Waals surface area contributed by atoms with Crippen LogP contribution in [-0.2, 0) is 11.3 Å². The standard InChI is InChI=1S/C12H17NO4/c1-12(16,11(14)15)8-13-7-9-5-3-4-6-10(9)17-2/h3-6,13,16H,7-8H2,1-2H3,(H,14,15). The number of carboxylic acid groups (broad SMARTS) is 1. The predicted molar refractivity (Wildman–Crippen MR) is 63.0 cm³/mol. The SMILES string of the molecule is COc1ccccc1CNCC(C)(O)C(=O)O. The van der Waals surface area contributed by atoms with Crippen LogP contribution in [0.4, 0.5) is 0 Å². The maximum Gasteiger partial charge on any atom is 0.336 e. The number of aliphatic hydroxyl groups is 1. The molecule has 0 heterocycles. The molecule has 1 atom stereocenters. The van der Waals surface area contributed by atoms with Crippen LogP contribution in [0, 0.1) is 0 Å². The van der Waals surface area contributed by atoms with Crippen molar-refractivity contribution in [2.75, 3.05) is 13.7 Å². The van der Waals surface area contributed by atoms with E-state index in [1.807, 2.05) is 24.3 Å². The van der Waals surface area contributed by atoms with Crippen LogP contribution in [0.3, 0.4) is 0 Å². The van der Waals surface area contributed by atoms with Gasteiger partial charge in [0.2, 0.25) is 0 Å². The van der Waals surface area contributed by atoms with Gasteiger partial charge in [-0.15, -0.1) is 0 Å². The average molecular weight is 239 g/mol. The number of rotatable bonds is 6. The maximum absolute atomic E-state index is 10.7. The molecule has 0 aliphatic carbocycles. The number of ether oxygens (including phenoxy) is 1. The van der Waals surface area contributed by atoms with Gasteiger partial charge in [0.1, 0.15) is 5.75 Å². The monoisotopic (exact) mass is 239 g/mol. The van der Waals surface area contributed by atoms with Crippen molar-refractivity contribution in [2.24, 2.45) is 0 Å². The van der Waals surface area contributed by atoms with Crippen LogP contribution in [0.1, 0.15) is 12.5 Å². The van der Waals surface area contributed by atoms with E-state index in [2.05, 4.69) is 5.32 Å². The number of nitrogens with one attached hydrogen (secondary N) is 1. The summed E-state index contributed by atoms with van der Waals surface area (Å²) in [4.78, 5) is 10.7. The lowest BCUT2D eigenvalue weighted by molar-refractivity contribution is -0.156. The molecule has 0 saturated carbocycles. The van der Waals surface area contributed by atoms with Gasteiger partial charge in [0, 0.05) is 18.7 Å². The summed E-state index contributed by atoms with van der Waals surface area (Å²) < 4.78 is 5.16. The van der Waals surface area contributed by atoms with Gasteiger partial charge in [0.25, 0.3) is 0 Å². The molecule has 0 saturated heterocycles. The van der Waals surface area contributed by atoms with Crippen LogP contribution in [0.15, 0.2) is 24.3 Å². The van der Waals surface area contributed by atoms with E-state index in [9.17, 15) is 9.90 Å². The molecule has 5 heteroatoms. The van der Waals surface area contributed by atoms with Gasteiger partial charge < -0.3 is 20.3 Å². The molecule has 94 valence electrons. The molecular formula is C12H17NO4. The second-order valence-electron chi connectivity index (χ2n) is 3.99. The van der Waals surface area contributed by atoms with E-state index in [1.54, 1.807) is 7.11 Å². The van der Waals surface area contributed by atoms with Gasteiger partial charge >= 0.3 is 5.97 Å². The summed E-state index contributed by atoms with van der Waals surface area (Å²) in [7, 11) is 1.58. The van der Waals surface area contributed by atoms with Crippen molar-refractivity contribution in [2.45, 2.75) is 19.1 Å². The van der Waals surface area contributed by atoms with Crippen LogP contribution in [-0.4, -0.2) is 35.4 Å². The van der Waals surface area contributed by atoms with Crippen molar-refractivity contribution in [1.82, 2.24) is 5.32 Å². The maximum atomic E-state index is 10.7. The molecule has 0 fully saturated rings. The van der Waals surface area contributed by atoms with E-state index in [4.69, 9.17) is 9.84 Å². The van der Waals surface area contributed by atoms with Gasteiger partial charge in [-0.3, -0.25) is 0 Å². The highest BCUT2D eigenvalue weighted by Gasteiger charge is 2.29. The number of benzene rings is 1. The molecule has 17 heavy (non-hydrogen) atoms. The summed E-state index contributed by atoms with van der Waals surface area (Å²) in [5, 5.41) is 21.1. The third-order valence-electron chi connectivity index (χ3n) is 2.44. The first-order valence-corrected chi connectivity index (χ1v) is 5.26. The Labute approximate surface area is 100 Å². The summed E-state index contributed by atoms with van der Waals surface area (Å²) in [6.45, 7) is 1.67. The molecule has 1 aromatic carbocycles. The van der Waals surface area contributed by atoms with Crippen LogP contribution in [0.5, 0.6) is 5.75 Å². The second-order valence-corrected chi connectivity index (χ2v) is 3.99. The highest BCUT2D eigenvalue weighted by Crippen LogP contribution is 2.16. The van der Waals surface area contributed by atoms with E-state index < -0.39 is 11.6 Å². The molecule has 0 bridgehead atoms. The number of carbonyl (C=O) groups is 1. The van der Waals surface area contributed by atoms with Gasteiger partial charge in [-0.05, 0) is 13.0 Å². The van der Waals surface area contributed by atoms with E-state index in [1.165, 1.54) is 6.92 Å². The smallest absolute Gasteiger partial charge is 0.336 e. The number of hydrogen-bond acceptors (Lipinski definition) is 4. The van der Waals surface area contributed by atoms with Crippen LogP contribution >= 0.6 is 0 Å². The molecule has 0 aliphatic heterocycles. The highest BCUT2D eigenvalue weighted by atomic mass is 16.5. The van der Waals surface area contributed by atoms with Crippen molar-refractivity contribution in [3.05, 3.63) is 29.8 Å². The summed E-state index contributed by atoms with van der Waals surface area (Å²) >= 11 is 0. The molecule has 0 aromatic heterocycles. The zero-order chi connectivity index (χ0) is 12.9. The fourth-order valence-electron chi connectivity index (χ4n) is 1.37. The molecule has 0 aliphatic rings. The van der Waals surface area contributed by atoms with Crippen LogP contribution in [0.2, 0.25) is 0 Å². The first kappa shape index (κ1) is 13.5. The molecular weight excluding hydrogens is 222 g/mol. The minimum atomic E-state index is -1.76. The Morgan fingerprint density at radius 1 is 1.47 bits per heavy atom. The van der Waals surface area contributed by atoms with Gasteiger partial charge in [-0.1, -0.05) is 18.2 Å². The Balaban J connectivity index is 2.54. The third kappa shape index (κ3) is 3.72. The Hall–Kier alpha value is -1.59. The van der Waals surface area contributed by atoms with E-state index in [0.29, 0.717) is 6.54 Å². The van der Waals surface area contributed by atoms with Crippen LogP contribution in [0.25, 0.3) is 0 Å². The molecule has 3 N–H and O–H groups in total. The zero-order valence-corrected chi connectivity index (χ0v) is 9.93. The van der Waals surface area contributed by atoms with Gasteiger partial charge in [0.05, 0.1) is 7.11 Å². The second kappa shape index (κ2) is 5.65. The third-order valence-corrected chi connectivity index (χ3v) is 2.44.